The molecule has 4 heteroatoms. The average molecular weight is 200 g/mol. The van der Waals surface area contributed by atoms with Crippen molar-refractivity contribution in [1.82, 2.24) is 15.0 Å². The van der Waals surface area contributed by atoms with Gasteiger partial charge < -0.3 is 5.73 Å². The summed E-state index contributed by atoms with van der Waals surface area (Å²) in [5, 5.41) is 0. The number of nitrogens with zero attached hydrogens (tertiary/aromatic N) is 3. The molecule has 4 nitrogen and oxygen atoms in total. The first-order valence-corrected chi connectivity index (χ1v) is 4.75. The van der Waals surface area contributed by atoms with E-state index in [4.69, 9.17) is 5.73 Å². The van der Waals surface area contributed by atoms with Crippen LogP contribution in [0.15, 0.2) is 36.9 Å². The summed E-state index contributed by atoms with van der Waals surface area (Å²) in [7, 11) is 0. The van der Waals surface area contributed by atoms with Crippen LogP contribution < -0.4 is 5.73 Å². The zero-order chi connectivity index (χ0) is 10.7. The summed E-state index contributed by atoms with van der Waals surface area (Å²) in [6, 6.07) is 3.72. The first-order chi connectivity index (χ1) is 7.27. The molecular formula is C11H12N4. The highest BCUT2D eigenvalue weighted by molar-refractivity contribution is 5.54. The van der Waals surface area contributed by atoms with Crippen LogP contribution in [0.25, 0.3) is 11.4 Å². The second kappa shape index (κ2) is 4.14. The van der Waals surface area contributed by atoms with E-state index in [1.54, 1.807) is 30.9 Å². The molecule has 0 saturated carbocycles. The van der Waals surface area contributed by atoms with Gasteiger partial charge in [0, 0.05) is 36.4 Å². The molecule has 0 unspecified atom stereocenters. The van der Waals surface area contributed by atoms with Crippen molar-refractivity contribution in [2.24, 2.45) is 5.73 Å². The van der Waals surface area contributed by atoms with E-state index in [9.17, 15) is 0 Å². The number of pyridine rings is 1. The van der Waals surface area contributed by atoms with E-state index in [2.05, 4.69) is 15.0 Å². The molecule has 0 fully saturated rings. The molecule has 2 aromatic heterocycles. The SMILES string of the molecule is C[C@H](N)c1cncc(-c2ncccn2)c1. The molecule has 0 aliphatic heterocycles. The third kappa shape index (κ3) is 2.16. The Bertz CT molecular complexity index is 439. The van der Waals surface area contributed by atoms with Crippen molar-refractivity contribution in [3.63, 3.8) is 0 Å². The average Bonchev–Trinajstić information content (AvgIpc) is 2.30. The van der Waals surface area contributed by atoms with Crippen LogP contribution in [0.2, 0.25) is 0 Å². The fourth-order valence-corrected chi connectivity index (χ4v) is 1.28. The van der Waals surface area contributed by atoms with Crippen LogP contribution in [0.3, 0.4) is 0 Å². The summed E-state index contributed by atoms with van der Waals surface area (Å²) in [6.07, 6.45) is 6.92. The number of aromatic nitrogens is 3. The van der Waals surface area contributed by atoms with Crippen molar-refractivity contribution in [1.29, 1.82) is 0 Å². The highest BCUT2D eigenvalue weighted by atomic mass is 14.9. The van der Waals surface area contributed by atoms with E-state index in [0.717, 1.165) is 11.1 Å². The Morgan fingerprint density at radius 2 is 1.93 bits per heavy atom. The Hall–Kier alpha value is -1.81. The minimum atomic E-state index is -0.0267. The molecule has 0 spiro atoms. The Morgan fingerprint density at radius 3 is 2.60 bits per heavy atom. The van der Waals surface area contributed by atoms with E-state index in [1.807, 2.05) is 13.0 Å². The molecule has 0 amide bonds. The minimum Gasteiger partial charge on any atom is -0.324 e. The first kappa shape index (κ1) is 9.73. The van der Waals surface area contributed by atoms with Gasteiger partial charge in [-0.2, -0.15) is 0 Å². The van der Waals surface area contributed by atoms with Crippen LogP contribution in [0.5, 0.6) is 0 Å². The summed E-state index contributed by atoms with van der Waals surface area (Å²) in [5.74, 6) is 0.674. The van der Waals surface area contributed by atoms with E-state index < -0.39 is 0 Å². The van der Waals surface area contributed by atoms with Gasteiger partial charge in [0.2, 0.25) is 0 Å². The largest absolute Gasteiger partial charge is 0.324 e. The van der Waals surface area contributed by atoms with Crippen molar-refractivity contribution >= 4 is 0 Å². The lowest BCUT2D eigenvalue weighted by atomic mass is 10.1. The summed E-state index contributed by atoms with van der Waals surface area (Å²) < 4.78 is 0. The molecule has 2 heterocycles. The standard InChI is InChI=1S/C11H12N4/c1-8(12)9-5-10(7-13-6-9)11-14-3-2-4-15-11/h2-8H,12H2,1H3/t8-/m0/s1. The molecule has 0 aromatic carbocycles. The topological polar surface area (TPSA) is 64.7 Å². The van der Waals surface area contributed by atoms with Crippen LogP contribution in [-0.2, 0) is 0 Å². The molecular weight excluding hydrogens is 188 g/mol. The quantitative estimate of drug-likeness (QED) is 0.799. The zero-order valence-electron chi connectivity index (χ0n) is 8.46. The van der Waals surface area contributed by atoms with Crippen LogP contribution >= 0.6 is 0 Å². The zero-order valence-corrected chi connectivity index (χ0v) is 8.46. The third-order valence-corrected chi connectivity index (χ3v) is 2.11. The third-order valence-electron chi connectivity index (χ3n) is 2.11. The van der Waals surface area contributed by atoms with Crippen molar-refractivity contribution in [2.75, 3.05) is 0 Å². The van der Waals surface area contributed by atoms with E-state index in [-0.39, 0.29) is 6.04 Å². The first-order valence-electron chi connectivity index (χ1n) is 4.75. The van der Waals surface area contributed by atoms with E-state index in [0.29, 0.717) is 5.82 Å². The second-order valence-electron chi connectivity index (χ2n) is 3.37. The summed E-state index contributed by atoms with van der Waals surface area (Å²) >= 11 is 0. The number of hydrogen-bond acceptors (Lipinski definition) is 4. The van der Waals surface area contributed by atoms with Gasteiger partial charge in [0.05, 0.1) is 0 Å². The van der Waals surface area contributed by atoms with Crippen LogP contribution in [0, 0.1) is 0 Å². The van der Waals surface area contributed by atoms with Gasteiger partial charge in [0.15, 0.2) is 5.82 Å². The Kier molecular flexibility index (Phi) is 2.69. The van der Waals surface area contributed by atoms with Crippen molar-refractivity contribution in [2.45, 2.75) is 13.0 Å². The Labute approximate surface area is 88.2 Å². The maximum atomic E-state index is 5.78. The van der Waals surface area contributed by atoms with Gasteiger partial charge >= 0.3 is 0 Å². The Morgan fingerprint density at radius 1 is 1.20 bits per heavy atom. The minimum absolute atomic E-state index is 0.0267. The second-order valence-corrected chi connectivity index (χ2v) is 3.37. The van der Waals surface area contributed by atoms with Gasteiger partial charge in [-0.15, -0.1) is 0 Å². The normalized spacial score (nSPS) is 12.4. The van der Waals surface area contributed by atoms with Gasteiger partial charge in [0.1, 0.15) is 0 Å². The summed E-state index contributed by atoms with van der Waals surface area (Å²) in [4.78, 5) is 12.4. The molecule has 1 atom stereocenters. The number of rotatable bonds is 2. The van der Waals surface area contributed by atoms with Gasteiger partial charge in [-0.3, -0.25) is 4.98 Å². The smallest absolute Gasteiger partial charge is 0.160 e. The lowest BCUT2D eigenvalue weighted by molar-refractivity contribution is 0.812. The number of nitrogens with two attached hydrogens (primary N) is 1. The maximum Gasteiger partial charge on any atom is 0.160 e. The molecule has 0 aliphatic carbocycles. The van der Waals surface area contributed by atoms with Gasteiger partial charge in [0.25, 0.3) is 0 Å². The van der Waals surface area contributed by atoms with Crippen LogP contribution in [0.1, 0.15) is 18.5 Å². The predicted molar refractivity (Wildman–Crippen MR) is 57.9 cm³/mol. The molecule has 0 bridgehead atoms. The molecule has 2 N–H and O–H groups in total. The summed E-state index contributed by atoms with van der Waals surface area (Å²) in [5.41, 5.74) is 7.66. The van der Waals surface area contributed by atoms with Gasteiger partial charge in [-0.25, -0.2) is 9.97 Å². The molecule has 2 rings (SSSR count). The van der Waals surface area contributed by atoms with Crippen molar-refractivity contribution < 1.29 is 0 Å². The molecule has 0 radical (unpaired) electrons. The number of hydrogen-bond donors (Lipinski definition) is 1. The monoisotopic (exact) mass is 200 g/mol. The lowest BCUT2D eigenvalue weighted by Gasteiger charge is -2.06. The van der Waals surface area contributed by atoms with Crippen LogP contribution in [-0.4, -0.2) is 15.0 Å². The van der Waals surface area contributed by atoms with Crippen molar-refractivity contribution in [3.8, 4) is 11.4 Å². The predicted octanol–water partition coefficient (Wildman–Crippen LogP) is 1.56. The molecule has 2 aromatic rings. The van der Waals surface area contributed by atoms with E-state index >= 15 is 0 Å². The van der Waals surface area contributed by atoms with Gasteiger partial charge in [-0.05, 0) is 24.6 Å². The highest BCUT2D eigenvalue weighted by Crippen LogP contribution is 2.16. The van der Waals surface area contributed by atoms with Crippen LogP contribution in [0.4, 0.5) is 0 Å². The van der Waals surface area contributed by atoms with Crippen molar-refractivity contribution in [3.05, 3.63) is 42.5 Å². The van der Waals surface area contributed by atoms with Gasteiger partial charge in [-0.1, -0.05) is 0 Å². The molecule has 76 valence electrons. The fourth-order valence-electron chi connectivity index (χ4n) is 1.28. The Balaban J connectivity index is 2.42. The fraction of sp³-hybridized carbons (Fsp3) is 0.182. The summed E-state index contributed by atoms with van der Waals surface area (Å²) in [6.45, 7) is 1.92. The molecule has 15 heavy (non-hydrogen) atoms. The molecule has 0 aliphatic rings. The highest BCUT2D eigenvalue weighted by Gasteiger charge is 2.04. The molecule has 0 saturated heterocycles. The lowest BCUT2D eigenvalue weighted by Crippen LogP contribution is -2.05. The maximum absolute atomic E-state index is 5.78. The van der Waals surface area contributed by atoms with E-state index in [1.165, 1.54) is 0 Å².